The summed E-state index contributed by atoms with van der Waals surface area (Å²) in [5, 5.41) is 12.0. The van der Waals surface area contributed by atoms with Gasteiger partial charge in [-0.05, 0) is 38.2 Å². The molecule has 1 N–H and O–H groups in total. The summed E-state index contributed by atoms with van der Waals surface area (Å²) >= 11 is 5.07. The van der Waals surface area contributed by atoms with Crippen molar-refractivity contribution in [2.75, 3.05) is 12.8 Å². The molecule has 2 nitrogen and oxygen atoms in total. The Bertz CT molecular complexity index is 358. The highest BCUT2D eigenvalue weighted by Gasteiger charge is 2.20. The molecule has 0 amide bonds. The van der Waals surface area contributed by atoms with E-state index in [9.17, 15) is 0 Å². The van der Waals surface area contributed by atoms with Gasteiger partial charge >= 0.3 is 0 Å². The minimum Gasteiger partial charge on any atom is -0.302 e. The second-order valence-corrected chi connectivity index (χ2v) is 5.40. The Labute approximate surface area is 103 Å². The van der Waals surface area contributed by atoms with E-state index in [4.69, 9.17) is 5.26 Å². The number of nitrogens with zero attached hydrogens (tertiary/aromatic N) is 1. The summed E-state index contributed by atoms with van der Waals surface area (Å²) in [6.45, 7) is 1.90. The zero-order chi connectivity index (χ0) is 11.3. The van der Waals surface area contributed by atoms with Crippen molar-refractivity contribution in [3.05, 3.63) is 28.7 Å². The summed E-state index contributed by atoms with van der Waals surface area (Å²) in [4.78, 5) is 1.18. The van der Waals surface area contributed by atoms with E-state index in [1.807, 2.05) is 38.2 Å². The van der Waals surface area contributed by atoms with Crippen LogP contribution in [0, 0.1) is 11.3 Å². The fourth-order valence-electron chi connectivity index (χ4n) is 0.919. The van der Waals surface area contributed by atoms with Gasteiger partial charge in [-0.15, -0.1) is 11.8 Å². The summed E-state index contributed by atoms with van der Waals surface area (Å²) in [6.07, 6.45) is 0. The first-order chi connectivity index (χ1) is 7.09. The van der Waals surface area contributed by atoms with Crippen molar-refractivity contribution in [2.45, 2.75) is 17.4 Å². The molecule has 0 aromatic heterocycles. The lowest BCUT2D eigenvalue weighted by Crippen LogP contribution is -2.40. The number of benzene rings is 1. The number of hydrogen-bond acceptors (Lipinski definition) is 3. The van der Waals surface area contributed by atoms with Crippen molar-refractivity contribution >= 4 is 27.7 Å². The second kappa shape index (κ2) is 5.55. The largest absolute Gasteiger partial charge is 0.302 e. The first-order valence-electron chi connectivity index (χ1n) is 4.58. The highest BCUT2D eigenvalue weighted by atomic mass is 79.9. The smallest absolute Gasteiger partial charge is 0.113 e. The molecule has 1 atom stereocenters. The lowest BCUT2D eigenvalue weighted by Gasteiger charge is -2.19. The molecule has 1 unspecified atom stereocenters. The van der Waals surface area contributed by atoms with Crippen LogP contribution in [0.25, 0.3) is 0 Å². The van der Waals surface area contributed by atoms with Crippen molar-refractivity contribution < 1.29 is 0 Å². The maximum atomic E-state index is 8.97. The van der Waals surface area contributed by atoms with Crippen molar-refractivity contribution in [3.63, 3.8) is 0 Å². The van der Waals surface area contributed by atoms with Gasteiger partial charge in [-0.3, -0.25) is 0 Å². The number of nitrogens with one attached hydrogen (secondary N) is 1. The normalized spacial score (nSPS) is 14.3. The van der Waals surface area contributed by atoms with E-state index in [2.05, 4.69) is 27.3 Å². The molecule has 80 valence electrons. The Kier molecular flexibility index (Phi) is 4.65. The Balaban J connectivity index is 2.58. The van der Waals surface area contributed by atoms with Crippen molar-refractivity contribution in [1.82, 2.24) is 5.32 Å². The van der Waals surface area contributed by atoms with Crippen LogP contribution in [0.3, 0.4) is 0 Å². The van der Waals surface area contributed by atoms with E-state index in [0.717, 1.165) is 10.2 Å². The predicted molar refractivity (Wildman–Crippen MR) is 67.9 cm³/mol. The number of hydrogen-bond donors (Lipinski definition) is 1. The molecule has 4 heteroatoms. The number of rotatable bonds is 4. The van der Waals surface area contributed by atoms with Crippen LogP contribution in [0.5, 0.6) is 0 Å². The summed E-state index contributed by atoms with van der Waals surface area (Å²) in [5.41, 5.74) is -0.461. The minimum absolute atomic E-state index is 0.461. The SMILES string of the molecule is CNC(C)(C#N)CSc1ccc(Br)cc1. The summed E-state index contributed by atoms with van der Waals surface area (Å²) < 4.78 is 1.07. The maximum Gasteiger partial charge on any atom is 0.113 e. The van der Waals surface area contributed by atoms with Gasteiger partial charge in [0, 0.05) is 15.1 Å². The number of halogens is 1. The van der Waals surface area contributed by atoms with Crippen molar-refractivity contribution in [2.24, 2.45) is 0 Å². The molecule has 15 heavy (non-hydrogen) atoms. The first-order valence-corrected chi connectivity index (χ1v) is 6.36. The molecule has 1 rings (SSSR count). The first kappa shape index (κ1) is 12.6. The van der Waals surface area contributed by atoms with Crippen LogP contribution < -0.4 is 5.32 Å². The quantitative estimate of drug-likeness (QED) is 0.864. The van der Waals surface area contributed by atoms with Gasteiger partial charge in [0.1, 0.15) is 5.54 Å². The van der Waals surface area contributed by atoms with E-state index in [-0.39, 0.29) is 0 Å². The molecule has 0 fully saturated rings. The average molecular weight is 285 g/mol. The summed E-state index contributed by atoms with van der Waals surface area (Å²) in [7, 11) is 1.81. The van der Waals surface area contributed by atoms with Gasteiger partial charge in [0.05, 0.1) is 6.07 Å². The fraction of sp³-hybridized carbons (Fsp3) is 0.364. The molecule has 0 saturated carbocycles. The van der Waals surface area contributed by atoms with Gasteiger partial charge in [-0.25, -0.2) is 0 Å². The van der Waals surface area contributed by atoms with Gasteiger partial charge < -0.3 is 5.32 Å². The van der Waals surface area contributed by atoms with Crippen LogP contribution >= 0.6 is 27.7 Å². The Hall–Kier alpha value is -0.500. The van der Waals surface area contributed by atoms with Crippen LogP contribution in [-0.2, 0) is 0 Å². The van der Waals surface area contributed by atoms with Crippen LogP contribution in [0.1, 0.15) is 6.92 Å². The Morgan fingerprint density at radius 1 is 1.47 bits per heavy atom. The summed E-state index contributed by atoms with van der Waals surface area (Å²) in [6, 6.07) is 10.4. The third kappa shape index (κ3) is 3.86. The maximum absolute atomic E-state index is 8.97. The zero-order valence-corrected chi connectivity index (χ0v) is 11.2. The van der Waals surface area contributed by atoms with Gasteiger partial charge in [0.15, 0.2) is 0 Å². The fourth-order valence-corrected chi connectivity index (χ4v) is 2.18. The Morgan fingerprint density at radius 2 is 2.07 bits per heavy atom. The van der Waals surface area contributed by atoms with E-state index >= 15 is 0 Å². The molecule has 0 saturated heterocycles. The van der Waals surface area contributed by atoms with Crippen LogP contribution in [-0.4, -0.2) is 18.3 Å². The standard InChI is InChI=1S/C11H13BrN2S/c1-11(7-13,14-2)8-15-10-5-3-9(12)4-6-10/h3-6,14H,8H2,1-2H3. The van der Waals surface area contributed by atoms with Crippen LogP contribution in [0.2, 0.25) is 0 Å². The molecule has 0 aliphatic rings. The number of nitriles is 1. The third-order valence-corrected chi connectivity index (χ3v) is 4.00. The molecule has 1 aromatic carbocycles. The summed E-state index contributed by atoms with van der Waals surface area (Å²) in [5.74, 6) is 0.738. The highest BCUT2D eigenvalue weighted by molar-refractivity contribution is 9.10. The van der Waals surface area contributed by atoms with Gasteiger partial charge in [0.2, 0.25) is 0 Å². The Morgan fingerprint density at radius 3 is 2.53 bits per heavy atom. The highest BCUT2D eigenvalue weighted by Crippen LogP contribution is 2.23. The molecular formula is C11H13BrN2S. The van der Waals surface area contributed by atoms with E-state index < -0.39 is 5.54 Å². The molecule has 0 aliphatic heterocycles. The average Bonchev–Trinajstić information content (AvgIpc) is 2.28. The van der Waals surface area contributed by atoms with Crippen molar-refractivity contribution in [3.8, 4) is 6.07 Å². The molecule has 0 bridgehead atoms. The third-order valence-electron chi connectivity index (χ3n) is 2.14. The molecule has 0 radical (unpaired) electrons. The number of thioether (sulfide) groups is 1. The zero-order valence-electron chi connectivity index (χ0n) is 8.75. The van der Waals surface area contributed by atoms with Crippen molar-refractivity contribution in [1.29, 1.82) is 5.26 Å². The second-order valence-electron chi connectivity index (χ2n) is 3.44. The topological polar surface area (TPSA) is 35.8 Å². The lowest BCUT2D eigenvalue weighted by atomic mass is 10.1. The minimum atomic E-state index is -0.461. The molecule has 0 heterocycles. The van der Waals surface area contributed by atoms with Gasteiger partial charge in [-0.1, -0.05) is 15.9 Å². The van der Waals surface area contributed by atoms with E-state index in [1.165, 1.54) is 4.90 Å². The van der Waals surface area contributed by atoms with E-state index in [0.29, 0.717) is 0 Å². The van der Waals surface area contributed by atoms with Gasteiger partial charge in [0.25, 0.3) is 0 Å². The molecule has 0 spiro atoms. The van der Waals surface area contributed by atoms with Gasteiger partial charge in [-0.2, -0.15) is 5.26 Å². The van der Waals surface area contributed by atoms with Crippen LogP contribution in [0.15, 0.2) is 33.6 Å². The monoisotopic (exact) mass is 284 g/mol. The lowest BCUT2D eigenvalue weighted by molar-refractivity contribution is 0.550. The molecular weight excluding hydrogens is 272 g/mol. The molecule has 0 aliphatic carbocycles. The predicted octanol–water partition coefficient (Wildman–Crippen LogP) is 3.04. The van der Waals surface area contributed by atoms with Crippen LogP contribution in [0.4, 0.5) is 0 Å². The molecule has 1 aromatic rings. The van der Waals surface area contributed by atoms with E-state index in [1.54, 1.807) is 11.8 Å².